The average molecular weight is 462 g/mol. The van der Waals surface area contributed by atoms with Crippen molar-refractivity contribution in [3.63, 3.8) is 0 Å². The molecule has 0 bridgehead atoms. The van der Waals surface area contributed by atoms with Crippen LogP contribution < -0.4 is 10.1 Å². The number of carbonyl (C=O) groups is 3. The van der Waals surface area contributed by atoms with Gasteiger partial charge in [0.05, 0.1) is 11.3 Å². The van der Waals surface area contributed by atoms with Gasteiger partial charge < -0.3 is 19.5 Å². The van der Waals surface area contributed by atoms with Crippen molar-refractivity contribution < 1.29 is 28.6 Å². The fourth-order valence-corrected chi connectivity index (χ4v) is 2.78. The lowest BCUT2D eigenvalue weighted by Gasteiger charge is -2.17. The Kier molecular flexibility index (Phi) is 9.53. The first-order valence-electron chi connectivity index (χ1n) is 10.2. The summed E-state index contributed by atoms with van der Waals surface area (Å²) in [6.45, 7) is 4.80. The third-order valence-corrected chi connectivity index (χ3v) is 4.70. The summed E-state index contributed by atoms with van der Waals surface area (Å²) in [7, 11) is 0. The van der Waals surface area contributed by atoms with Gasteiger partial charge in [-0.25, -0.2) is 4.79 Å². The normalized spacial score (nSPS) is 11.9. The van der Waals surface area contributed by atoms with Gasteiger partial charge in [0.25, 0.3) is 0 Å². The van der Waals surface area contributed by atoms with Crippen LogP contribution in [-0.2, 0) is 25.5 Å². The molecule has 7 nitrogen and oxygen atoms in total. The molecule has 0 aromatic heterocycles. The Morgan fingerprint density at radius 2 is 1.62 bits per heavy atom. The second-order valence-electron chi connectivity index (χ2n) is 8.21. The van der Waals surface area contributed by atoms with Gasteiger partial charge in [-0.15, -0.1) is 0 Å². The number of carbonyl (C=O) groups excluding carboxylic acids is 3. The highest BCUT2D eigenvalue weighted by molar-refractivity contribution is 6.30. The van der Waals surface area contributed by atoms with E-state index in [2.05, 4.69) is 5.32 Å². The number of halogens is 1. The second-order valence-corrected chi connectivity index (χ2v) is 8.64. The van der Waals surface area contributed by atoms with E-state index in [1.54, 1.807) is 45.0 Å². The lowest BCUT2D eigenvalue weighted by Crippen LogP contribution is -2.32. The molecule has 2 rings (SSSR count). The zero-order valence-corrected chi connectivity index (χ0v) is 19.2. The highest BCUT2D eigenvalue weighted by Gasteiger charge is 2.24. The zero-order chi connectivity index (χ0) is 23.6. The van der Waals surface area contributed by atoms with Gasteiger partial charge >= 0.3 is 18.0 Å². The Bertz CT molecular complexity index is 893. The summed E-state index contributed by atoms with van der Waals surface area (Å²) < 4.78 is 15.2. The molecule has 2 aromatic carbocycles. The van der Waals surface area contributed by atoms with E-state index in [1.807, 2.05) is 30.3 Å². The molecule has 1 amide bonds. The first kappa shape index (κ1) is 25.2. The highest BCUT2D eigenvalue weighted by atomic mass is 35.5. The molecule has 0 fully saturated rings. The fourth-order valence-electron chi connectivity index (χ4n) is 2.66. The van der Waals surface area contributed by atoms with Crippen molar-refractivity contribution in [2.24, 2.45) is 11.3 Å². The Morgan fingerprint density at radius 3 is 2.25 bits per heavy atom. The number of rotatable bonds is 9. The van der Waals surface area contributed by atoms with Gasteiger partial charge in [0.2, 0.25) is 6.79 Å². The molecule has 0 radical (unpaired) electrons. The Hall–Kier alpha value is -3.06. The Morgan fingerprint density at radius 1 is 0.969 bits per heavy atom. The van der Waals surface area contributed by atoms with Crippen LogP contribution in [0.15, 0.2) is 54.6 Å². The average Bonchev–Trinajstić information content (AvgIpc) is 2.74. The number of alkyl carbamates (subject to hydrolysis) is 1. The largest absolute Gasteiger partial charge is 0.427 e. The molecule has 0 aliphatic rings. The van der Waals surface area contributed by atoms with Gasteiger partial charge in [0, 0.05) is 11.6 Å². The topological polar surface area (TPSA) is 90.9 Å². The second kappa shape index (κ2) is 12.1. The van der Waals surface area contributed by atoms with Crippen LogP contribution in [-0.4, -0.2) is 31.4 Å². The van der Waals surface area contributed by atoms with E-state index >= 15 is 0 Å². The van der Waals surface area contributed by atoms with Crippen LogP contribution in [0, 0.1) is 11.3 Å². The van der Waals surface area contributed by atoms with Crippen LogP contribution >= 0.6 is 11.6 Å². The molecular weight excluding hydrogens is 434 g/mol. The van der Waals surface area contributed by atoms with Crippen molar-refractivity contribution in [2.75, 3.05) is 13.3 Å². The minimum atomic E-state index is -0.740. The number of esters is 2. The number of nitrogens with one attached hydrogen (secondary N) is 1. The molecule has 0 aliphatic heterocycles. The minimum Gasteiger partial charge on any atom is -0.427 e. The molecule has 0 saturated heterocycles. The monoisotopic (exact) mass is 461 g/mol. The molecule has 1 N–H and O–H groups in total. The highest BCUT2D eigenvalue weighted by Crippen LogP contribution is 2.20. The number of benzene rings is 2. The van der Waals surface area contributed by atoms with Crippen LogP contribution in [0.3, 0.4) is 0 Å². The third kappa shape index (κ3) is 8.98. The predicted molar refractivity (Wildman–Crippen MR) is 120 cm³/mol. The summed E-state index contributed by atoms with van der Waals surface area (Å²) in [5.74, 6) is -0.985. The van der Waals surface area contributed by atoms with Crippen LogP contribution in [0.5, 0.6) is 5.75 Å². The van der Waals surface area contributed by atoms with Gasteiger partial charge in [-0.1, -0.05) is 41.9 Å². The fraction of sp³-hybridized carbons (Fsp3) is 0.375. The van der Waals surface area contributed by atoms with Crippen molar-refractivity contribution in [3.05, 3.63) is 65.2 Å². The lowest BCUT2D eigenvalue weighted by atomic mass is 9.96. The smallest absolute Gasteiger partial charge is 0.410 e. The number of ether oxygens (including phenoxy) is 3. The van der Waals surface area contributed by atoms with Crippen LogP contribution in [0.2, 0.25) is 5.02 Å². The SMILES string of the molecule is CC(C)(C)C(=O)OCOC(=O)NCCC(Cc1ccccc1)C(=O)Oc1ccc(Cl)cc1. The molecule has 0 spiro atoms. The first-order chi connectivity index (χ1) is 15.1. The lowest BCUT2D eigenvalue weighted by molar-refractivity contribution is -0.161. The van der Waals surface area contributed by atoms with Crippen LogP contribution in [0.4, 0.5) is 4.79 Å². The van der Waals surface area contributed by atoms with Crippen molar-refractivity contribution in [3.8, 4) is 5.75 Å². The molecular formula is C24H28ClNO6. The molecule has 2 aromatic rings. The van der Waals surface area contributed by atoms with E-state index in [9.17, 15) is 14.4 Å². The predicted octanol–water partition coefficient (Wildman–Crippen LogP) is 4.77. The van der Waals surface area contributed by atoms with Crippen molar-refractivity contribution >= 4 is 29.6 Å². The molecule has 1 unspecified atom stereocenters. The molecule has 0 heterocycles. The van der Waals surface area contributed by atoms with E-state index in [-0.39, 0.29) is 6.54 Å². The standard InChI is InChI=1S/C24H28ClNO6/c1-24(2,3)22(28)30-16-31-23(29)26-14-13-18(15-17-7-5-4-6-8-17)21(27)32-20-11-9-19(25)10-12-20/h4-12,18H,13-16H2,1-3H3,(H,26,29). The van der Waals surface area contributed by atoms with Crippen LogP contribution in [0.1, 0.15) is 32.8 Å². The van der Waals surface area contributed by atoms with Crippen LogP contribution in [0.25, 0.3) is 0 Å². The quantitative estimate of drug-likeness (QED) is 0.328. The summed E-state index contributed by atoms with van der Waals surface area (Å²) in [5.41, 5.74) is 0.289. The number of hydrogen-bond acceptors (Lipinski definition) is 6. The molecule has 8 heteroatoms. The third-order valence-electron chi connectivity index (χ3n) is 4.44. The molecule has 0 aliphatic carbocycles. The molecule has 172 valence electrons. The summed E-state index contributed by atoms with van der Waals surface area (Å²) in [6, 6.07) is 16.1. The summed E-state index contributed by atoms with van der Waals surface area (Å²) in [4.78, 5) is 36.3. The van der Waals surface area contributed by atoms with Gasteiger partial charge in [0.1, 0.15) is 5.75 Å². The maximum Gasteiger partial charge on any atom is 0.410 e. The van der Waals surface area contributed by atoms with Gasteiger partial charge in [-0.3, -0.25) is 9.59 Å². The number of amides is 1. The molecule has 0 saturated carbocycles. The maximum atomic E-state index is 12.8. The summed E-state index contributed by atoms with van der Waals surface area (Å²) >= 11 is 5.87. The zero-order valence-electron chi connectivity index (χ0n) is 18.4. The van der Waals surface area contributed by atoms with E-state index in [4.69, 9.17) is 25.8 Å². The van der Waals surface area contributed by atoms with E-state index in [0.717, 1.165) is 5.56 Å². The minimum absolute atomic E-state index is 0.180. The summed E-state index contributed by atoms with van der Waals surface area (Å²) in [5, 5.41) is 3.10. The van der Waals surface area contributed by atoms with Gasteiger partial charge in [0.15, 0.2) is 0 Å². The van der Waals surface area contributed by atoms with E-state index < -0.39 is 36.2 Å². The van der Waals surface area contributed by atoms with Gasteiger partial charge in [-0.05, 0) is 63.4 Å². The molecule has 32 heavy (non-hydrogen) atoms. The number of hydrogen-bond donors (Lipinski definition) is 1. The van der Waals surface area contributed by atoms with Gasteiger partial charge in [-0.2, -0.15) is 0 Å². The summed E-state index contributed by atoms with van der Waals surface area (Å²) in [6.07, 6.45) is 0.0435. The first-order valence-corrected chi connectivity index (χ1v) is 10.6. The maximum absolute atomic E-state index is 12.8. The molecule has 1 atom stereocenters. The van der Waals surface area contributed by atoms with E-state index in [1.165, 1.54) is 0 Å². The van der Waals surface area contributed by atoms with Crippen molar-refractivity contribution in [2.45, 2.75) is 33.6 Å². The van der Waals surface area contributed by atoms with Crippen molar-refractivity contribution in [1.82, 2.24) is 5.32 Å². The Balaban J connectivity index is 1.87. The van der Waals surface area contributed by atoms with E-state index in [0.29, 0.717) is 23.6 Å². The Labute approximate surface area is 193 Å². The van der Waals surface area contributed by atoms with Crippen molar-refractivity contribution in [1.29, 1.82) is 0 Å².